The molecule has 122 valence electrons. The van der Waals surface area contributed by atoms with Gasteiger partial charge in [-0.3, -0.25) is 0 Å². The van der Waals surface area contributed by atoms with Crippen LogP contribution >= 0.6 is 0 Å². The van der Waals surface area contributed by atoms with Crippen molar-refractivity contribution in [1.29, 1.82) is 0 Å². The van der Waals surface area contributed by atoms with E-state index in [0.717, 1.165) is 16.9 Å². The van der Waals surface area contributed by atoms with Gasteiger partial charge in [-0.25, -0.2) is 4.79 Å². The number of rotatable bonds is 7. The zero-order chi connectivity index (χ0) is 16.5. The van der Waals surface area contributed by atoms with Crippen LogP contribution in [0.1, 0.15) is 11.1 Å². The molecule has 0 saturated carbocycles. The molecule has 0 aliphatic carbocycles. The van der Waals surface area contributed by atoms with Gasteiger partial charge in [-0.1, -0.05) is 24.3 Å². The fraction of sp³-hybridized carbons (Fsp3) is 0.278. The predicted octanol–water partition coefficient (Wildman–Crippen LogP) is 3.34. The molecule has 2 rings (SSSR count). The molecule has 0 bridgehead atoms. The molecule has 0 atom stereocenters. The SMILES string of the molecule is COc1ccc(CCOC(=O)OCCc2ccc(O)cc2)cc1. The van der Waals surface area contributed by atoms with Crippen LogP contribution in [0, 0.1) is 0 Å². The van der Waals surface area contributed by atoms with Gasteiger partial charge in [0.05, 0.1) is 20.3 Å². The van der Waals surface area contributed by atoms with Gasteiger partial charge in [0, 0.05) is 12.8 Å². The highest BCUT2D eigenvalue weighted by molar-refractivity contribution is 5.59. The van der Waals surface area contributed by atoms with Gasteiger partial charge < -0.3 is 19.3 Å². The number of benzene rings is 2. The highest BCUT2D eigenvalue weighted by Crippen LogP contribution is 2.12. The number of carbonyl (C=O) groups is 1. The maximum absolute atomic E-state index is 11.5. The van der Waals surface area contributed by atoms with Crippen LogP contribution in [0.4, 0.5) is 4.79 Å². The maximum Gasteiger partial charge on any atom is 0.508 e. The normalized spacial score (nSPS) is 10.1. The van der Waals surface area contributed by atoms with Crippen LogP contribution in [0.25, 0.3) is 0 Å². The van der Waals surface area contributed by atoms with Gasteiger partial charge >= 0.3 is 6.16 Å². The highest BCUT2D eigenvalue weighted by Gasteiger charge is 2.04. The zero-order valence-corrected chi connectivity index (χ0v) is 13.0. The third-order valence-corrected chi connectivity index (χ3v) is 3.32. The average molecular weight is 316 g/mol. The summed E-state index contributed by atoms with van der Waals surface area (Å²) in [5, 5.41) is 9.18. The lowest BCUT2D eigenvalue weighted by Crippen LogP contribution is -2.11. The summed E-state index contributed by atoms with van der Waals surface area (Å²) in [5.74, 6) is 1.01. The minimum atomic E-state index is -0.669. The van der Waals surface area contributed by atoms with Crippen LogP contribution in [0.2, 0.25) is 0 Å². The molecule has 5 heteroatoms. The third-order valence-electron chi connectivity index (χ3n) is 3.32. The van der Waals surface area contributed by atoms with E-state index in [0.29, 0.717) is 12.8 Å². The number of hydrogen-bond acceptors (Lipinski definition) is 5. The molecular formula is C18H20O5. The predicted molar refractivity (Wildman–Crippen MR) is 85.8 cm³/mol. The Bertz CT molecular complexity index is 604. The van der Waals surface area contributed by atoms with Crippen LogP contribution in [0.15, 0.2) is 48.5 Å². The Morgan fingerprint density at radius 1 is 0.870 bits per heavy atom. The van der Waals surface area contributed by atoms with E-state index in [1.165, 1.54) is 0 Å². The summed E-state index contributed by atoms with van der Waals surface area (Å²) < 4.78 is 15.1. The second-order valence-corrected chi connectivity index (χ2v) is 4.96. The van der Waals surface area contributed by atoms with Gasteiger partial charge in [-0.15, -0.1) is 0 Å². The van der Waals surface area contributed by atoms with Crippen LogP contribution in [-0.4, -0.2) is 31.6 Å². The summed E-state index contributed by atoms with van der Waals surface area (Å²) in [4.78, 5) is 11.5. The molecule has 0 unspecified atom stereocenters. The number of phenols is 1. The molecule has 0 aliphatic heterocycles. The Labute approximate surface area is 135 Å². The van der Waals surface area contributed by atoms with Crippen molar-refractivity contribution in [2.45, 2.75) is 12.8 Å². The first-order chi connectivity index (χ1) is 11.2. The molecule has 0 aromatic heterocycles. The molecule has 0 radical (unpaired) electrons. The Morgan fingerprint density at radius 3 is 1.83 bits per heavy atom. The second kappa shape index (κ2) is 8.68. The molecule has 0 amide bonds. The summed E-state index contributed by atoms with van der Waals surface area (Å²) in [6.45, 7) is 0.510. The first-order valence-electron chi connectivity index (χ1n) is 7.38. The molecule has 0 fully saturated rings. The summed E-state index contributed by atoms with van der Waals surface area (Å²) in [7, 11) is 1.62. The smallest absolute Gasteiger partial charge is 0.508 e. The summed E-state index contributed by atoms with van der Waals surface area (Å²) >= 11 is 0. The van der Waals surface area contributed by atoms with Crippen molar-refractivity contribution in [2.75, 3.05) is 20.3 Å². The fourth-order valence-corrected chi connectivity index (χ4v) is 2.00. The number of phenolic OH excluding ortho intramolecular Hbond substituents is 1. The number of ether oxygens (including phenoxy) is 3. The molecule has 0 heterocycles. The monoisotopic (exact) mass is 316 g/mol. The molecular weight excluding hydrogens is 296 g/mol. The van der Waals surface area contributed by atoms with E-state index in [1.807, 2.05) is 24.3 Å². The molecule has 1 N–H and O–H groups in total. The molecule has 0 saturated heterocycles. The number of carbonyl (C=O) groups excluding carboxylic acids is 1. The highest BCUT2D eigenvalue weighted by atomic mass is 16.7. The molecule has 0 spiro atoms. The minimum absolute atomic E-state index is 0.215. The van der Waals surface area contributed by atoms with E-state index >= 15 is 0 Å². The maximum atomic E-state index is 11.5. The lowest BCUT2D eigenvalue weighted by Gasteiger charge is -2.07. The largest absolute Gasteiger partial charge is 0.508 e. The Morgan fingerprint density at radius 2 is 1.35 bits per heavy atom. The van der Waals surface area contributed by atoms with Gasteiger partial charge in [0.2, 0.25) is 0 Å². The average Bonchev–Trinajstić information content (AvgIpc) is 2.57. The first-order valence-corrected chi connectivity index (χ1v) is 7.38. The molecule has 2 aromatic carbocycles. The molecule has 0 aliphatic rings. The van der Waals surface area contributed by atoms with Crippen LogP contribution < -0.4 is 4.74 Å². The van der Waals surface area contributed by atoms with Gasteiger partial charge in [0.15, 0.2) is 0 Å². The van der Waals surface area contributed by atoms with Gasteiger partial charge in [-0.2, -0.15) is 0 Å². The standard InChI is InChI=1S/C18H20O5/c1-21-17-8-4-15(5-9-17)11-13-23-18(20)22-12-10-14-2-6-16(19)7-3-14/h2-9,19H,10-13H2,1H3. The van der Waals surface area contributed by atoms with Crippen molar-refractivity contribution in [3.8, 4) is 11.5 Å². The van der Waals surface area contributed by atoms with Crippen molar-refractivity contribution < 1.29 is 24.1 Å². The fourth-order valence-electron chi connectivity index (χ4n) is 2.00. The van der Waals surface area contributed by atoms with Crippen molar-refractivity contribution in [3.05, 3.63) is 59.7 Å². The van der Waals surface area contributed by atoms with Crippen molar-refractivity contribution in [1.82, 2.24) is 0 Å². The molecule has 5 nitrogen and oxygen atoms in total. The zero-order valence-electron chi connectivity index (χ0n) is 13.0. The Hall–Kier alpha value is -2.69. The van der Waals surface area contributed by atoms with Gasteiger partial charge in [0.1, 0.15) is 11.5 Å². The quantitative estimate of drug-likeness (QED) is 0.794. The summed E-state index contributed by atoms with van der Waals surface area (Å²) in [6.07, 6.45) is 0.530. The second-order valence-electron chi connectivity index (χ2n) is 4.96. The summed E-state index contributed by atoms with van der Waals surface area (Å²) in [6, 6.07) is 14.4. The van der Waals surface area contributed by atoms with E-state index < -0.39 is 6.16 Å². The Balaban J connectivity index is 1.62. The number of methoxy groups -OCH3 is 1. The van der Waals surface area contributed by atoms with E-state index in [2.05, 4.69) is 0 Å². The lowest BCUT2D eigenvalue weighted by atomic mass is 10.1. The minimum Gasteiger partial charge on any atom is -0.508 e. The molecule has 2 aromatic rings. The van der Waals surface area contributed by atoms with E-state index in [1.54, 1.807) is 31.4 Å². The lowest BCUT2D eigenvalue weighted by molar-refractivity contribution is 0.0569. The van der Waals surface area contributed by atoms with Crippen molar-refractivity contribution >= 4 is 6.16 Å². The van der Waals surface area contributed by atoms with E-state index in [4.69, 9.17) is 14.2 Å². The van der Waals surface area contributed by atoms with Crippen LogP contribution in [-0.2, 0) is 22.3 Å². The number of hydrogen-bond donors (Lipinski definition) is 1. The topological polar surface area (TPSA) is 65.0 Å². The van der Waals surface area contributed by atoms with Crippen molar-refractivity contribution in [2.24, 2.45) is 0 Å². The first kappa shape index (κ1) is 16.7. The third kappa shape index (κ3) is 5.90. The van der Waals surface area contributed by atoms with Gasteiger partial charge in [-0.05, 0) is 35.4 Å². The number of aromatic hydroxyl groups is 1. The molecule has 23 heavy (non-hydrogen) atoms. The van der Waals surface area contributed by atoms with E-state index in [-0.39, 0.29) is 19.0 Å². The Kier molecular flexibility index (Phi) is 6.29. The van der Waals surface area contributed by atoms with Crippen LogP contribution in [0.3, 0.4) is 0 Å². The van der Waals surface area contributed by atoms with Gasteiger partial charge in [0.25, 0.3) is 0 Å². The van der Waals surface area contributed by atoms with E-state index in [9.17, 15) is 9.90 Å². The summed E-state index contributed by atoms with van der Waals surface area (Å²) in [5.41, 5.74) is 2.04. The van der Waals surface area contributed by atoms with Crippen molar-refractivity contribution in [3.63, 3.8) is 0 Å². The van der Waals surface area contributed by atoms with Crippen LogP contribution in [0.5, 0.6) is 11.5 Å².